The normalized spacial score (nSPS) is 13.6. The average molecular weight is 590 g/mol. The molecule has 0 bridgehead atoms. The minimum atomic E-state index is -0.387. The van der Waals surface area contributed by atoms with Crippen molar-refractivity contribution in [2.75, 3.05) is 0 Å². The van der Waals surface area contributed by atoms with Gasteiger partial charge in [-0.05, 0) is 106 Å². The maximum atomic E-state index is 9.89. The first kappa shape index (κ1) is 20.1. The number of hydrogen-bond acceptors (Lipinski definition) is 0. The number of benzene rings is 9. The van der Waals surface area contributed by atoms with E-state index in [1.807, 2.05) is 115 Å². The Hall–Kier alpha value is -5.98. The van der Waals surface area contributed by atoms with Gasteiger partial charge >= 0.3 is 0 Å². The van der Waals surface area contributed by atoms with E-state index < -0.39 is 0 Å². The molecule has 0 saturated heterocycles. The Bertz CT molecular complexity index is 2960. The molecule has 0 spiro atoms. The summed E-state index contributed by atoms with van der Waals surface area (Å²) < 4.78 is 65.6. The summed E-state index contributed by atoms with van der Waals surface area (Å²) >= 11 is 0. The van der Waals surface area contributed by atoms with Crippen LogP contribution in [0, 0.1) is 0 Å². The van der Waals surface area contributed by atoms with Gasteiger partial charge in [-0.3, -0.25) is 0 Å². The predicted octanol–water partition coefficient (Wildman–Crippen LogP) is 13.0. The summed E-state index contributed by atoms with van der Waals surface area (Å²) in [5, 5.41) is 5.26. The van der Waals surface area contributed by atoms with Crippen molar-refractivity contribution in [1.29, 1.82) is 0 Å². The molecule has 0 heterocycles. The second-order valence-corrected chi connectivity index (χ2v) is 11.5. The Labute approximate surface area is 278 Å². The van der Waals surface area contributed by atoms with E-state index in [2.05, 4.69) is 24.3 Å². The van der Waals surface area contributed by atoms with Gasteiger partial charge in [0.15, 0.2) is 0 Å². The van der Waals surface area contributed by atoms with E-state index in [0.717, 1.165) is 32.7 Å². The molecule has 0 nitrogen and oxygen atoms in total. The van der Waals surface area contributed by atoms with Crippen molar-refractivity contribution < 1.29 is 9.60 Å². The molecular formula is C46H30. The Morgan fingerprint density at radius 1 is 0.326 bits per heavy atom. The largest absolute Gasteiger partial charge is 0.0636 e. The summed E-state index contributed by atoms with van der Waals surface area (Å²) in [5.41, 5.74) is 4.93. The lowest BCUT2D eigenvalue weighted by Gasteiger charge is -2.19. The van der Waals surface area contributed by atoms with Crippen LogP contribution >= 0.6 is 0 Å². The third kappa shape index (κ3) is 4.38. The lowest BCUT2D eigenvalue weighted by molar-refractivity contribution is 1.62. The van der Waals surface area contributed by atoms with Gasteiger partial charge in [0.1, 0.15) is 0 Å². The van der Waals surface area contributed by atoms with Crippen LogP contribution in [0.25, 0.3) is 87.6 Å². The molecular weight excluding hydrogens is 553 g/mol. The fourth-order valence-electron chi connectivity index (χ4n) is 6.71. The molecule has 0 heteroatoms. The first-order valence-corrected chi connectivity index (χ1v) is 15.4. The topological polar surface area (TPSA) is 0 Å². The van der Waals surface area contributed by atoms with Crippen LogP contribution in [0.15, 0.2) is 182 Å². The zero-order chi connectivity index (χ0) is 36.5. The van der Waals surface area contributed by atoms with Crippen molar-refractivity contribution >= 4 is 43.1 Å². The molecule has 9 rings (SSSR count). The van der Waals surface area contributed by atoms with Gasteiger partial charge in [-0.25, -0.2) is 0 Å². The van der Waals surface area contributed by atoms with Crippen LogP contribution in [-0.4, -0.2) is 0 Å². The van der Waals surface area contributed by atoms with Crippen molar-refractivity contribution in [3.05, 3.63) is 182 Å². The number of fused-ring (bicyclic) bond motifs is 4. The minimum Gasteiger partial charge on any atom is -0.0622 e. The highest BCUT2D eigenvalue weighted by atomic mass is 14.2. The molecule has 0 unspecified atom stereocenters. The minimum absolute atomic E-state index is 0.0242. The Morgan fingerprint density at radius 3 is 1.78 bits per heavy atom. The molecule has 9 aromatic rings. The monoisotopic (exact) mass is 589 g/mol. The lowest BCUT2D eigenvalue weighted by atomic mass is 9.84. The van der Waals surface area contributed by atoms with E-state index in [-0.39, 0.29) is 53.1 Å². The van der Waals surface area contributed by atoms with Gasteiger partial charge in [-0.2, -0.15) is 0 Å². The Balaban J connectivity index is 1.51. The molecule has 0 amide bonds. The first-order chi connectivity index (χ1) is 25.7. The molecule has 0 aromatic heterocycles. The van der Waals surface area contributed by atoms with E-state index in [1.54, 1.807) is 0 Å². The van der Waals surface area contributed by atoms with Crippen LogP contribution in [0.4, 0.5) is 0 Å². The molecule has 214 valence electrons. The molecule has 0 atom stereocenters. The zero-order valence-corrected chi connectivity index (χ0v) is 24.8. The standard InChI is InChI=1S/C46H30/c1-2-12-31(13-3-1)35-26-27-43-44(30-35)46(38-25-24-32-14-4-5-16-34(32)28-38)42-22-9-8-21-41(42)45(43)37-19-10-18-36(29-37)40-23-11-17-33-15-6-7-20-39(33)40/h1-30H/i8D,9D,21D,22D,26D,27D,30D. The van der Waals surface area contributed by atoms with E-state index >= 15 is 0 Å². The van der Waals surface area contributed by atoms with Crippen LogP contribution < -0.4 is 0 Å². The molecule has 0 fully saturated rings. The van der Waals surface area contributed by atoms with Crippen molar-refractivity contribution in [2.45, 2.75) is 0 Å². The summed E-state index contributed by atoms with van der Waals surface area (Å²) in [6, 6.07) is 43.6. The van der Waals surface area contributed by atoms with Gasteiger partial charge in [-0.15, -0.1) is 0 Å². The quantitative estimate of drug-likeness (QED) is 0.179. The van der Waals surface area contributed by atoms with Crippen LogP contribution in [0.1, 0.15) is 9.60 Å². The van der Waals surface area contributed by atoms with Gasteiger partial charge in [0.25, 0.3) is 0 Å². The SMILES string of the molecule is [2H]c1c([2H])c([2H])c2c(-c3ccc4ccccc4c3)c3c([2H])c(-c4ccccc4)c([2H])c([2H])c3c(-c3cccc(-c4cccc5ccccc45)c3)c2c1[2H]. The summed E-state index contributed by atoms with van der Waals surface area (Å²) in [6.45, 7) is 0. The highest BCUT2D eigenvalue weighted by Gasteiger charge is 2.18. The molecule has 0 saturated carbocycles. The van der Waals surface area contributed by atoms with Gasteiger partial charge in [-0.1, -0.05) is 164 Å². The zero-order valence-electron chi connectivity index (χ0n) is 31.8. The maximum absolute atomic E-state index is 9.89. The highest BCUT2D eigenvalue weighted by molar-refractivity contribution is 6.22. The van der Waals surface area contributed by atoms with Gasteiger partial charge < -0.3 is 0 Å². The Morgan fingerprint density at radius 2 is 0.935 bits per heavy atom. The van der Waals surface area contributed by atoms with Crippen molar-refractivity contribution in [3.63, 3.8) is 0 Å². The van der Waals surface area contributed by atoms with Gasteiger partial charge in [0.05, 0.1) is 9.60 Å². The predicted molar refractivity (Wildman–Crippen MR) is 198 cm³/mol. The summed E-state index contributed by atoms with van der Waals surface area (Å²) in [4.78, 5) is 0. The second-order valence-electron chi connectivity index (χ2n) is 11.5. The molecule has 0 N–H and O–H groups in total. The van der Waals surface area contributed by atoms with Crippen LogP contribution in [0.3, 0.4) is 0 Å². The van der Waals surface area contributed by atoms with E-state index in [4.69, 9.17) is 2.74 Å². The second kappa shape index (κ2) is 10.9. The van der Waals surface area contributed by atoms with Crippen molar-refractivity contribution in [2.24, 2.45) is 0 Å². The number of rotatable bonds is 4. The summed E-state index contributed by atoms with van der Waals surface area (Å²) in [7, 11) is 0. The fraction of sp³-hybridized carbons (Fsp3) is 0. The maximum Gasteiger partial charge on any atom is 0.0636 e. The molecule has 46 heavy (non-hydrogen) atoms. The first-order valence-electron chi connectivity index (χ1n) is 18.9. The smallest absolute Gasteiger partial charge is 0.0622 e. The van der Waals surface area contributed by atoms with E-state index in [1.165, 1.54) is 0 Å². The summed E-state index contributed by atoms with van der Waals surface area (Å²) in [6.07, 6.45) is 0. The molecule has 0 aliphatic carbocycles. The number of hydrogen-bond donors (Lipinski definition) is 0. The van der Waals surface area contributed by atoms with Crippen LogP contribution in [0.5, 0.6) is 0 Å². The van der Waals surface area contributed by atoms with E-state index in [0.29, 0.717) is 44.2 Å². The fourth-order valence-corrected chi connectivity index (χ4v) is 6.71. The molecule has 0 aliphatic heterocycles. The molecule has 9 aromatic carbocycles. The highest BCUT2D eigenvalue weighted by Crippen LogP contribution is 2.46. The van der Waals surface area contributed by atoms with Crippen LogP contribution in [0.2, 0.25) is 0 Å². The van der Waals surface area contributed by atoms with E-state index in [9.17, 15) is 6.85 Å². The Kier molecular flexibility index (Phi) is 4.76. The average Bonchev–Trinajstić information content (AvgIpc) is 3.20. The van der Waals surface area contributed by atoms with Gasteiger partial charge in [0, 0.05) is 0 Å². The lowest BCUT2D eigenvalue weighted by Crippen LogP contribution is -1.92. The molecule has 0 radical (unpaired) electrons. The third-order valence-corrected chi connectivity index (χ3v) is 8.85. The third-order valence-electron chi connectivity index (χ3n) is 8.85. The summed E-state index contributed by atoms with van der Waals surface area (Å²) in [5.74, 6) is 0. The van der Waals surface area contributed by atoms with Gasteiger partial charge in [0.2, 0.25) is 0 Å². The van der Waals surface area contributed by atoms with Crippen molar-refractivity contribution in [3.8, 4) is 44.5 Å². The molecule has 0 aliphatic rings. The van der Waals surface area contributed by atoms with Crippen LogP contribution in [-0.2, 0) is 0 Å². The van der Waals surface area contributed by atoms with Crippen molar-refractivity contribution in [1.82, 2.24) is 0 Å².